The molecule has 33 heavy (non-hydrogen) atoms. The highest BCUT2D eigenvalue weighted by Crippen LogP contribution is 2.35. The van der Waals surface area contributed by atoms with Gasteiger partial charge in [0.15, 0.2) is 10.7 Å². The van der Waals surface area contributed by atoms with Crippen molar-refractivity contribution >= 4 is 27.4 Å². The van der Waals surface area contributed by atoms with Crippen molar-refractivity contribution in [2.45, 2.75) is 29.8 Å². The Bertz CT molecular complexity index is 1190. The van der Waals surface area contributed by atoms with Crippen LogP contribution in [0.1, 0.15) is 28.8 Å². The molecule has 0 unspecified atom stereocenters. The minimum atomic E-state index is -4.92. The summed E-state index contributed by atoms with van der Waals surface area (Å²) in [5, 5.41) is 6.61. The fraction of sp³-hybridized carbons (Fsp3) is 0.333. The maximum Gasteiger partial charge on any atom is 0.417 e. The van der Waals surface area contributed by atoms with Crippen molar-refractivity contribution in [3.63, 3.8) is 0 Å². The average molecular weight is 500 g/mol. The number of nitrogens with zero attached hydrogens (tertiary/aromatic N) is 2. The molecule has 180 valence electrons. The molecule has 0 spiro atoms. The van der Waals surface area contributed by atoms with E-state index in [2.05, 4.69) is 4.98 Å². The van der Waals surface area contributed by atoms with Gasteiger partial charge in [-0.2, -0.15) is 13.2 Å². The van der Waals surface area contributed by atoms with Gasteiger partial charge in [-0.3, -0.25) is 4.79 Å². The highest BCUT2D eigenvalue weighted by Gasteiger charge is 2.37. The number of halogens is 7. The second-order valence-corrected chi connectivity index (χ2v) is 8.67. The van der Waals surface area contributed by atoms with Crippen molar-refractivity contribution < 1.29 is 43.9 Å². The molecule has 0 aliphatic carbocycles. The van der Waals surface area contributed by atoms with Gasteiger partial charge in [0, 0.05) is 32.1 Å². The first-order chi connectivity index (χ1) is 15.1. The van der Waals surface area contributed by atoms with E-state index in [0.717, 1.165) is 0 Å². The predicted molar refractivity (Wildman–Crippen MR) is 101 cm³/mol. The highest BCUT2D eigenvalue weighted by molar-refractivity contribution is 7.89. The number of carbonyl (C=O) groups is 1. The van der Waals surface area contributed by atoms with E-state index in [1.165, 1.54) is 4.90 Å². The average Bonchev–Trinajstić information content (AvgIpc) is 2.68. The van der Waals surface area contributed by atoms with Crippen LogP contribution in [-0.2, 0) is 16.2 Å². The van der Waals surface area contributed by atoms with Gasteiger partial charge in [-0.25, -0.2) is 36.1 Å². The van der Waals surface area contributed by atoms with Crippen LogP contribution in [0.2, 0.25) is 0 Å². The summed E-state index contributed by atoms with van der Waals surface area (Å²) in [4.78, 5) is 16.0. The molecule has 0 atom stereocenters. The maximum atomic E-state index is 14.5. The summed E-state index contributed by atoms with van der Waals surface area (Å²) in [7, 11) is -4.89. The Balaban J connectivity index is 2.03. The fourth-order valence-electron chi connectivity index (χ4n) is 3.16. The summed E-state index contributed by atoms with van der Waals surface area (Å²) >= 11 is 0. The van der Waals surface area contributed by atoms with E-state index < -0.39 is 74.2 Å². The molecule has 3 N–H and O–H groups in total. The van der Waals surface area contributed by atoms with E-state index in [1.807, 2.05) is 5.32 Å². The third-order valence-corrected chi connectivity index (χ3v) is 5.76. The second-order valence-electron chi connectivity index (χ2n) is 7.17. The number of pyridine rings is 1. The molecule has 1 aromatic carbocycles. The van der Waals surface area contributed by atoms with Gasteiger partial charge in [-0.05, 0) is 18.2 Å². The number of anilines is 2. The number of sulfonamides is 1. The second kappa shape index (κ2) is 8.44. The Morgan fingerprint density at radius 1 is 1.15 bits per heavy atom. The zero-order chi connectivity index (χ0) is 24.8. The van der Waals surface area contributed by atoms with E-state index in [-0.39, 0.29) is 18.9 Å². The lowest BCUT2D eigenvalue weighted by atomic mass is 10.1. The number of nitrogens with two attached hydrogens (primary N) is 1. The number of piperidine rings is 1. The van der Waals surface area contributed by atoms with Crippen LogP contribution in [0.25, 0.3) is 0 Å². The number of nitrogens with one attached hydrogen (secondary N) is 1. The summed E-state index contributed by atoms with van der Waals surface area (Å²) in [6, 6.07) is 1.52. The van der Waals surface area contributed by atoms with Crippen LogP contribution < -0.4 is 15.4 Å². The molecule has 7 nitrogen and oxygen atoms in total. The molecule has 0 radical (unpaired) electrons. The zero-order valence-electron chi connectivity index (χ0n) is 16.4. The van der Waals surface area contributed by atoms with Crippen LogP contribution in [-0.4, -0.2) is 38.3 Å². The molecule has 15 heteroatoms. The largest absolute Gasteiger partial charge is 0.417 e. The Hall–Kier alpha value is -2.94. The van der Waals surface area contributed by atoms with E-state index >= 15 is 0 Å². The number of benzene rings is 1. The van der Waals surface area contributed by atoms with Gasteiger partial charge in [-0.1, -0.05) is 0 Å². The topological polar surface area (TPSA) is 105 Å². The van der Waals surface area contributed by atoms with Crippen LogP contribution in [0, 0.1) is 11.6 Å². The van der Waals surface area contributed by atoms with Crippen LogP contribution in [0.5, 0.6) is 0 Å². The lowest BCUT2D eigenvalue weighted by Crippen LogP contribution is -2.40. The summed E-state index contributed by atoms with van der Waals surface area (Å²) < 4.78 is 118. The van der Waals surface area contributed by atoms with E-state index in [1.54, 1.807) is 0 Å². The molecule has 1 saturated heterocycles. The monoisotopic (exact) mass is 500 g/mol. The standard InChI is InChI=1S/C18H15F7N4O3S/c19-11-1-2-12(13(20)14(11)33(26,31)32)28-16(30)10-7-9(18(23,24)25)8-27-15(10)29-5-3-17(21,22)4-6-29/h1-2,7-8H,3-6H2,(H,28,30)(H2,26,31,32). The molecule has 0 bridgehead atoms. The zero-order valence-corrected chi connectivity index (χ0v) is 17.2. The van der Waals surface area contributed by atoms with Gasteiger partial charge in [0.2, 0.25) is 10.0 Å². The number of primary sulfonamides is 1. The van der Waals surface area contributed by atoms with Crippen LogP contribution >= 0.6 is 0 Å². The van der Waals surface area contributed by atoms with Crippen molar-refractivity contribution in [1.29, 1.82) is 0 Å². The van der Waals surface area contributed by atoms with Gasteiger partial charge >= 0.3 is 6.18 Å². The van der Waals surface area contributed by atoms with E-state index in [0.29, 0.717) is 24.4 Å². The summed E-state index contributed by atoms with van der Waals surface area (Å²) in [6.07, 6.45) is -5.78. The Labute approximate surface area is 182 Å². The number of alkyl halides is 5. The molecule has 2 heterocycles. The third kappa shape index (κ3) is 5.35. The molecule has 1 aliphatic rings. The van der Waals surface area contributed by atoms with Crippen molar-refractivity contribution in [1.82, 2.24) is 4.98 Å². The minimum absolute atomic E-state index is 0.327. The number of amides is 1. The van der Waals surface area contributed by atoms with Gasteiger partial charge in [0.05, 0.1) is 16.8 Å². The van der Waals surface area contributed by atoms with Gasteiger partial charge in [0.25, 0.3) is 11.8 Å². The number of rotatable bonds is 4. The number of hydrogen-bond acceptors (Lipinski definition) is 5. The summed E-state index contributed by atoms with van der Waals surface area (Å²) in [5.41, 5.74) is -2.97. The van der Waals surface area contributed by atoms with Crippen molar-refractivity contribution in [3.8, 4) is 0 Å². The molecule has 0 saturated carbocycles. The predicted octanol–water partition coefficient (Wildman–Crippen LogP) is 3.51. The molecule has 2 aromatic rings. The first-order valence-corrected chi connectivity index (χ1v) is 10.7. The van der Waals surface area contributed by atoms with Gasteiger partial charge in [-0.15, -0.1) is 0 Å². The van der Waals surface area contributed by atoms with E-state index in [9.17, 15) is 43.9 Å². The third-order valence-electron chi connectivity index (χ3n) is 4.81. The Morgan fingerprint density at radius 2 is 1.76 bits per heavy atom. The van der Waals surface area contributed by atoms with Crippen molar-refractivity contribution in [3.05, 3.63) is 47.2 Å². The Morgan fingerprint density at radius 3 is 2.30 bits per heavy atom. The summed E-state index contributed by atoms with van der Waals surface area (Å²) in [5.74, 6) is -8.06. The molecule has 1 amide bonds. The smallest absolute Gasteiger partial charge is 0.356 e. The Kier molecular flexibility index (Phi) is 6.32. The normalized spacial score (nSPS) is 16.5. The van der Waals surface area contributed by atoms with E-state index in [4.69, 9.17) is 5.14 Å². The molecule has 1 aromatic heterocycles. The lowest BCUT2D eigenvalue weighted by molar-refractivity contribution is -0.137. The van der Waals surface area contributed by atoms with Crippen molar-refractivity contribution in [2.75, 3.05) is 23.3 Å². The molecular weight excluding hydrogens is 485 g/mol. The van der Waals surface area contributed by atoms with Crippen LogP contribution in [0.4, 0.5) is 42.2 Å². The SMILES string of the molecule is NS(=O)(=O)c1c(F)ccc(NC(=O)c2cc(C(F)(F)F)cnc2N2CCC(F)(F)CC2)c1F. The lowest BCUT2D eigenvalue weighted by Gasteiger charge is -2.33. The molecule has 1 aliphatic heterocycles. The van der Waals surface area contributed by atoms with Crippen LogP contribution in [0.15, 0.2) is 29.3 Å². The fourth-order valence-corrected chi connectivity index (χ4v) is 3.86. The molecule has 1 fully saturated rings. The number of hydrogen-bond donors (Lipinski definition) is 2. The summed E-state index contributed by atoms with van der Waals surface area (Å²) in [6.45, 7) is -0.655. The van der Waals surface area contributed by atoms with Crippen LogP contribution in [0.3, 0.4) is 0 Å². The van der Waals surface area contributed by atoms with Crippen molar-refractivity contribution in [2.24, 2.45) is 5.14 Å². The highest BCUT2D eigenvalue weighted by atomic mass is 32.2. The molecular formula is C18H15F7N4O3S. The van der Waals surface area contributed by atoms with Gasteiger partial charge in [0.1, 0.15) is 11.6 Å². The van der Waals surface area contributed by atoms with Gasteiger partial charge < -0.3 is 10.2 Å². The first-order valence-electron chi connectivity index (χ1n) is 9.12. The molecule has 3 rings (SSSR count). The first kappa shape index (κ1) is 24.7. The minimum Gasteiger partial charge on any atom is -0.356 e. The quantitative estimate of drug-likeness (QED) is 0.626. The number of carbonyl (C=O) groups excluding carboxylic acids is 1. The number of aromatic nitrogens is 1. The maximum absolute atomic E-state index is 14.5.